The summed E-state index contributed by atoms with van der Waals surface area (Å²) in [5.41, 5.74) is 6.43. The molecular formula is C31H32Cl2N4. The fraction of sp³-hybridized carbons (Fsp3) is 0.323. The predicted molar refractivity (Wildman–Crippen MR) is 154 cm³/mol. The van der Waals surface area contributed by atoms with Crippen molar-refractivity contribution < 1.29 is 0 Å². The van der Waals surface area contributed by atoms with Gasteiger partial charge in [0, 0.05) is 89.6 Å². The molecule has 0 N–H and O–H groups in total. The molecule has 4 aromatic rings. The van der Waals surface area contributed by atoms with Gasteiger partial charge >= 0.3 is 0 Å². The molecule has 5 rings (SSSR count). The van der Waals surface area contributed by atoms with Crippen LogP contribution >= 0.6 is 23.2 Å². The SMILES string of the molecule is CCCCn1cc(-c2ccccc2C#N)c2cc(CN3CCN(Cc4c(Cl)cccc4Cl)CC3)ccc21. The molecule has 0 bridgehead atoms. The van der Waals surface area contributed by atoms with Gasteiger partial charge in [0.1, 0.15) is 0 Å². The number of piperazine rings is 1. The van der Waals surface area contributed by atoms with Crippen molar-refractivity contribution in [1.82, 2.24) is 14.4 Å². The van der Waals surface area contributed by atoms with E-state index in [9.17, 15) is 5.26 Å². The Labute approximate surface area is 229 Å². The first-order chi connectivity index (χ1) is 18.1. The first-order valence-electron chi connectivity index (χ1n) is 13.1. The number of fused-ring (bicyclic) bond motifs is 1. The van der Waals surface area contributed by atoms with Crippen LogP contribution in [0.5, 0.6) is 0 Å². The molecule has 0 unspecified atom stereocenters. The van der Waals surface area contributed by atoms with Gasteiger partial charge in [-0.2, -0.15) is 5.26 Å². The van der Waals surface area contributed by atoms with Crippen LogP contribution in [-0.4, -0.2) is 40.5 Å². The molecule has 2 heterocycles. The van der Waals surface area contributed by atoms with Crippen LogP contribution in [0.1, 0.15) is 36.5 Å². The molecule has 190 valence electrons. The summed E-state index contributed by atoms with van der Waals surface area (Å²) in [6, 6.07) is 22.9. The Balaban J connectivity index is 1.34. The van der Waals surface area contributed by atoms with Gasteiger partial charge in [-0.15, -0.1) is 0 Å². The number of unbranched alkanes of at least 4 members (excludes halogenated alkanes) is 1. The molecule has 1 aliphatic heterocycles. The fourth-order valence-electron chi connectivity index (χ4n) is 5.26. The van der Waals surface area contributed by atoms with Crippen LogP contribution in [0.3, 0.4) is 0 Å². The maximum atomic E-state index is 9.73. The van der Waals surface area contributed by atoms with Crippen molar-refractivity contribution in [2.75, 3.05) is 26.2 Å². The highest BCUT2D eigenvalue weighted by molar-refractivity contribution is 6.35. The molecule has 1 saturated heterocycles. The highest BCUT2D eigenvalue weighted by atomic mass is 35.5. The van der Waals surface area contributed by atoms with E-state index in [0.29, 0.717) is 0 Å². The van der Waals surface area contributed by atoms with Crippen LogP contribution in [0.25, 0.3) is 22.0 Å². The van der Waals surface area contributed by atoms with Crippen molar-refractivity contribution in [3.05, 3.63) is 93.6 Å². The first-order valence-corrected chi connectivity index (χ1v) is 13.8. The van der Waals surface area contributed by atoms with Crippen LogP contribution in [0, 0.1) is 11.3 Å². The Morgan fingerprint density at radius 3 is 2.24 bits per heavy atom. The molecule has 4 nitrogen and oxygen atoms in total. The topological polar surface area (TPSA) is 35.2 Å². The third-order valence-electron chi connectivity index (χ3n) is 7.35. The predicted octanol–water partition coefficient (Wildman–Crippen LogP) is 7.60. The minimum Gasteiger partial charge on any atom is -0.347 e. The number of nitrogens with zero attached hydrogens (tertiary/aromatic N) is 4. The van der Waals surface area contributed by atoms with E-state index in [2.05, 4.69) is 57.8 Å². The fourth-order valence-corrected chi connectivity index (χ4v) is 5.77. The summed E-state index contributed by atoms with van der Waals surface area (Å²) in [7, 11) is 0. The number of rotatable bonds is 8. The van der Waals surface area contributed by atoms with Gasteiger partial charge in [0.15, 0.2) is 0 Å². The lowest BCUT2D eigenvalue weighted by Crippen LogP contribution is -2.45. The van der Waals surface area contributed by atoms with Gasteiger partial charge < -0.3 is 4.57 Å². The van der Waals surface area contributed by atoms with Crippen molar-refractivity contribution in [1.29, 1.82) is 5.26 Å². The summed E-state index contributed by atoms with van der Waals surface area (Å²) in [4.78, 5) is 4.94. The van der Waals surface area contributed by atoms with Crippen LogP contribution in [0.4, 0.5) is 0 Å². The van der Waals surface area contributed by atoms with Gasteiger partial charge in [-0.05, 0) is 42.3 Å². The maximum Gasteiger partial charge on any atom is 0.0998 e. The summed E-state index contributed by atoms with van der Waals surface area (Å²) in [5.74, 6) is 0. The molecule has 0 radical (unpaired) electrons. The second-order valence-corrected chi connectivity index (χ2v) is 10.7. The third kappa shape index (κ3) is 5.71. The number of benzene rings is 3. The number of aryl methyl sites for hydroxylation is 1. The van der Waals surface area contributed by atoms with Crippen molar-refractivity contribution in [2.45, 2.75) is 39.4 Å². The molecule has 0 aliphatic carbocycles. The Kier molecular flexibility index (Phi) is 8.17. The van der Waals surface area contributed by atoms with E-state index in [-0.39, 0.29) is 0 Å². The molecule has 37 heavy (non-hydrogen) atoms. The summed E-state index contributed by atoms with van der Waals surface area (Å²) in [6.45, 7) is 8.87. The monoisotopic (exact) mass is 530 g/mol. The molecule has 3 aromatic carbocycles. The standard InChI is InChI=1S/C31H32Cl2N4/c1-2-3-13-37-22-27(25-8-5-4-7-24(25)19-34)26-18-23(11-12-31(26)37)20-35-14-16-36(17-15-35)21-28-29(32)9-6-10-30(28)33/h4-12,18,22H,2-3,13-17,20-21H2,1H3. The van der Waals surface area contributed by atoms with Crippen molar-refractivity contribution in [3.8, 4) is 17.2 Å². The van der Waals surface area contributed by atoms with E-state index in [1.807, 2.05) is 36.4 Å². The Morgan fingerprint density at radius 2 is 1.54 bits per heavy atom. The lowest BCUT2D eigenvalue weighted by molar-refractivity contribution is 0.122. The van der Waals surface area contributed by atoms with E-state index in [0.717, 1.165) is 91.0 Å². The van der Waals surface area contributed by atoms with E-state index >= 15 is 0 Å². The summed E-state index contributed by atoms with van der Waals surface area (Å²) in [6.07, 6.45) is 4.52. The maximum absolute atomic E-state index is 9.73. The zero-order chi connectivity index (χ0) is 25.8. The van der Waals surface area contributed by atoms with Crippen molar-refractivity contribution >= 4 is 34.1 Å². The highest BCUT2D eigenvalue weighted by Crippen LogP contribution is 2.34. The Hall–Kier alpha value is -2.81. The largest absolute Gasteiger partial charge is 0.347 e. The number of hydrogen-bond acceptors (Lipinski definition) is 3. The van der Waals surface area contributed by atoms with Crippen molar-refractivity contribution in [2.24, 2.45) is 0 Å². The number of aromatic nitrogens is 1. The van der Waals surface area contributed by atoms with Crippen LogP contribution in [0.15, 0.2) is 66.9 Å². The minimum absolute atomic E-state index is 0.720. The lowest BCUT2D eigenvalue weighted by Gasteiger charge is -2.35. The van der Waals surface area contributed by atoms with Crippen LogP contribution in [0.2, 0.25) is 10.0 Å². The molecule has 0 saturated carbocycles. The smallest absolute Gasteiger partial charge is 0.0998 e. The second-order valence-electron chi connectivity index (χ2n) is 9.85. The average Bonchev–Trinajstić information content (AvgIpc) is 3.28. The first kappa shape index (κ1) is 25.8. The quantitative estimate of drug-likeness (QED) is 0.235. The zero-order valence-electron chi connectivity index (χ0n) is 21.3. The van der Waals surface area contributed by atoms with Gasteiger partial charge in [0.05, 0.1) is 11.6 Å². The molecule has 0 atom stereocenters. The lowest BCUT2D eigenvalue weighted by atomic mass is 9.99. The summed E-state index contributed by atoms with van der Waals surface area (Å²) in [5, 5.41) is 12.4. The summed E-state index contributed by atoms with van der Waals surface area (Å²) >= 11 is 12.8. The van der Waals surface area contributed by atoms with Gasteiger partial charge in [-0.3, -0.25) is 9.80 Å². The van der Waals surface area contributed by atoms with Gasteiger partial charge in [0.2, 0.25) is 0 Å². The van der Waals surface area contributed by atoms with Crippen molar-refractivity contribution in [3.63, 3.8) is 0 Å². The van der Waals surface area contributed by atoms with Crippen LogP contribution in [-0.2, 0) is 19.6 Å². The van der Waals surface area contributed by atoms with Gasteiger partial charge in [-0.1, -0.05) is 66.9 Å². The molecule has 0 amide bonds. The average molecular weight is 532 g/mol. The number of hydrogen-bond donors (Lipinski definition) is 0. The number of nitriles is 1. The Bertz CT molecular complexity index is 1410. The van der Waals surface area contributed by atoms with E-state index in [1.54, 1.807) is 0 Å². The van der Waals surface area contributed by atoms with Crippen LogP contribution < -0.4 is 0 Å². The molecule has 1 aromatic heterocycles. The van der Waals surface area contributed by atoms with Gasteiger partial charge in [-0.25, -0.2) is 0 Å². The minimum atomic E-state index is 0.720. The number of halogens is 2. The molecule has 1 aliphatic rings. The van der Waals surface area contributed by atoms with Gasteiger partial charge in [0.25, 0.3) is 0 Å². The van der Waals surface area contributed by atoms with E-state index < -0.39 is 0 Å². The zero-order valence-corrected chi connectivity index (χ0v) is 22.8. The van der Waals surface area contributed by atoms with E-state index in [4.69, 9.17) is 23.2 Å². The van der Waals surface area contributed by atoms with E-state index in [1.165, 1.54) is 16.5 Å². The normalized spacial score (nSPS) is 14.8. The third-order valence-corrected chi connectivity index (χ3v) is 8.06. The molecular weight excluding hydrogens is 499 g/mol. The molecule has 6 heteroatoms. The Morgan fingerprint density at radius 1 is 0.838 bits per heavy atom. The highest BCUT2D eigenvalue weighted by Gasteiger charge is 2.20. The molecule has 1 fully saturated rings. The molecule has 0 spiro atoms. The summed E-state index contributed by atoms with van der Waals surface area (Å²) < 4.78 is 2.35. The second kappa shape index (κ2) is 11.7.